The minimum Gasteiger partial charge on any atom is -0.312 e. The van der Waals surface area contributed by atoms with E-state index >= 15 is 0 Å². The lowest BCUT2D eigenvalue weighted by Gasteiger charge is -2.17. The Hall–Kier alpha value is -0.310. The number of halogens is 2. The van der Waals surface area contributed by atoms with E-state index in [1.807, 2.05) is 0 Å². The number of hydrogen-bond acceptors (Lipinski definition) is 2. The average Bonchev–Trinajstić information content (AvgIpc) is 2.04. The zero-order chi connectivity index (χ0) is 8.55. The molecule has 0 saturated heterocycles. The van der Waals surface area contributed by atoms with E-state index in [4.69, 9.17) is 23.2 Å². The molecule has 0 unspecified atom stereocenters. The van der Waals surface area contributed by atoms with Crippen molar-refractivity contribution >= 4 is 23.2 Å². The van der Waals surface area contributed by atoms with Crippen molar-refractivity contribution in [3.8, 4) is 0 Å². The topological polar surface area (TPSA) is 24.9 Å². The summed E-state index contributed by atoms with van der Waals surface area (Å²) in [5.41, 5.74) is 2.12. The van der Waals surface area contributed by atoms with Crippen LogP contribution in [0.1, 0.15) is 11.3 Å². The van der Waals surface area contributed by atoms with Crippen LogP contribution >= 0.6 is 23.2 Å². The fraction of sp³-hybridized carbons (Fsp3) is 0.375. The van der Waals surface area contributed by atoms with Crippen molar-refractivity contribution in [3.05, 3.63) is 27.5 Å². The standard InChI is InChI=1S/C8H8Cl2N2/c9-6-3-8(10)12-7-1-2-11-4-5(6)7/h3,11H,1-2,4H2. The summed E-state index contributed by atoms with van der Waals surface area (Å²) in [4.78, 5) is 4.22. The quantitative estimate of drug-likeness (QED) is 0.652. The molecule has 0 amide bonds. The van der Waals surface area contributed by atoms with Gasteiger partial charge in [0.1, 0.15) is 5.15 Å². The summed E-state index contributed by atoms with van der Waals surface area (Å²) in [6.07, 6.45) is 0.912. The molecule has 2 rings (SSSR count). The lowest BCUT2D eigenvalue weighted by Crippen LogP contribution is -2.24. The predicted octanol–water partition coefficient (Wildman–Crippen LogP) is 2.03. The fourth-order valence-corrected chi connectivity index (χ4v) is 1.92. The van der Waals surface area contributed by atoms with Gasteiger partial charge in [-0.3, -0.25) is 0 Å². The molecule has 0 saturated carbocycles. The third kappa shape index (κ3) is 1.42. The minimum atomic E-state index is 0.487. The maximum atomic E-state index is 5.98. The molecule has 0 bridgehead atoms. The van der Waals surface area contributed by atoms with Crippen LogP contribution in [0.3, 0.4) is 0 Å². The third-order valence-electron chi connectivity index (χ3n) is 1.96. The Kier molecular flexibility index (Phi) is 2.22. The Bertz CT molecular complexity index is 312. The first-order valence-electron chi connectivity index (χ1n) is 3.82. The zero-order valence-corrected chi connectivity index (χ0v) is 7.91. The highest BCUT2D eigenvalue weighted by Crippen LogP contribution is 2.24. The average molecular weight is 203 g/mol. The molecule has 0 fully saturated rings. The van der Waals surface area contributed by atoms with Crippen molar-refractivity contribution in [1.82, 2.24) is 10.3 Å². The fourth-order valence-electron chi connectivity index (χ4n) is 1.37. The summed E-state index contributed by atoms with van der Waals surface area (Å²) in [5.74, 6) is 0. The van der Waals surface area contributed by atoms with Gasteiger partial charge >= 0.3 is 0 Å². The first-order valence-corrected chi connectivity index (χ1v) is 4.57. The van der Waals surface area contributed by atoms with Gasteiger partial charge in [-0.1, -0.05) is 23.2 Å². The van der Waals surface area contributed by atoms with Gasteiger partial charge in [-0.05, 0) is 6.07 Å². The Balaban J connectivity index is 2.53. The molecule has 2 heterocycles. The van der Waals surface area contributed by atoms with Crippen LogP contribution < -0.4 is 5.32 Å². The van der Waals surface area contributed by atoms with Crippen LogP contribution in [0.4, 0.5) is 0 Å². The van der Waals surface area contributed by atoms with E-state index in [-0.39, 0.29) is 0 Å². The van der Waals surface area contributed by atoms with Crippen molar-refractivity contribution < 1.29 is 0 Å². The van der Waals surface area contributed by atoms with E-state index in [1.165, 1.54) is 0 Å². The number of pyridine rings is 1. The van der Waals surface area contributed by atoms with Gasteiger partial charge in [0.2, 0.25) is 0 Å². The van der Waals surface area contributed by atoms with Crippen LogP contribution in [0.25, 0.3) is 0 Å². The SMILES string of the molecule is Clc1cc(Cl)c2c(n1)CCNC2. The van der Waals surface area contributed by atoms with Crippen molar-refractivity contribution in [1.29, 1.82) is 0 Å². The summed E-state index contributed by atoms with van der Waals surface area (Å²) < 4.78 is 0. The minimum absolute atomic E-state index is 0.487. The number of aromatic nitrogens is 1. The van der Waals surface area contributed by atoms with Crippen LogP contribution in [0.15, 0.2) is 6.07 Å². The van der Waals surface area contributed by atoms with Gasteiger partial charge in [0.05, 0.1) is 0 Å². The van der Waals surface area contributed by atoms with E-state index in [2.05, 4.69) is 10.3 Å². The van der Waals surface area contributed by atoms with Crippen LogP contribution in [0.2, 0.25) is 10.2 Å². The Morgan fingerprint density at radius 1 is 1.42 bits per heavy atom. The summed E-state index contributed by atoms with van der Waals surface area (Å²) in [6, 6.07) is 1.69. The highest BCUT2D eigenvalue weighted by molar-refractivity contribution is 6.34. The number of hydrogen-bond donors (Lipinski definition) is 1. The molecule has 0 aliphatic carbocycles. The van der Waals surface area contributed by atoms with E-state index < -0.39 is 0 Å². The van der Waals surface area contributed by atoms with Crippen molar-refractivity contribution in [2.45, 2.75) is 13.0 Å². The smallest absolute Gasteiger partial charge is 0.130 e. The third-order valence-corrected chi connectivity index (χ3v) is 2.50. The Labute approximate surface area is 80.9 Å². The van der Waals surface area contributed by atoms with Crippen LogP contribution in [0, 0.1) is 0 Å². The van der Waals surface area contributed by atoms with E-state index in [1.54, 1.807) is 6.07 Å². The summed E-state index contributed by atoms with van der Waals surface area (Å²) in [7, 11) is 0. The van der Waals surface area contributed by atoms with E-state index in [0.29, 0.717) is 5.15 Å². The highest BCUT2D eigenvalue weighted by Gasteiger charge is 2.13. The van der Waals surface area contributed by atoms with E-state index in [0.717, 1.165) is 35.8 Å². The maximum absolute atomic E-state index is 5.98. The van der Waals surface area contributed by atoms with Crippen molar-refractivity contribution in [3.63, 3.8) is 0 Å². The zero-order valence-electron chi connectivity index (χ0n) is 6.40. The maximum Gasteiger partial charge on any atom is 0.130 e. The van der Waals surface area contributed by atoms with Gasteiger partial charge < -0.3 is 5.32 Å². The first kappa shape index (κ1) is 8.30. The molecule has 0 atom stereocenters. The molecule has 1 aliphatic heterocycles. The highest BCUT2D eigenvalue weighted by atomic mass is 35.5. The van der Waals surface area contributed by atoms with Crippen LogP contribution in [0.5, 0.6) is 0 Å². The van der Waals surface area contributed by atoms with Gasteiger partial charge in [-0.15, -0.1) is 0 Å². The molecule has 12 heavy (non-hydrogen) atoms. The van der Waals surface area contributed by atoms with Crippen LogP contribution in [-0.4, -0.2) is 11.5 Å². The molecule has 0 spiro atoms. The second-order valence-corrected chi connectivity index (χ2v) is 3.57. The summed E-state index contributed by atoms with van der Waals surface area (Å²) in [5, 5.41) is 4.44. The summed E-state index contributed by atoms with van der Waals surface area (Å²) in [6.45, 7) is 1.76. The first-order chi connectivity index (χ1) is 5.77. The summed E-state index contributed by atoms with van der Waals surface area (Å²) >= 11 is 11.7. The number of nitrogens with one attached hydrogen (secondary N) is 1. The Morgan fingerprint density at radius 3 is 3.08 bits per heavy atom. The van der Waals surface area contributed by atoms with Gasteiger partial charge in [0.25, 0.3) is 0 Å². The van der Waals surface area contributed by atoms with E-state index in [9.17, 15) is 0 Å². The predicted molar refractivity (Wildman–Crippen MR) is 49.7 cm³/mol. The second-order valence-electron chi connectivity index (χ2n) is 2.78. The molecular weight excluding hydrogens is 195 g/mol. The molecule has 0 aromatic carbocycles. The molecule has 4 heteroatoms. The largest absolute Gasteiger partial charge is 0.312 e. The monoisotopic (exact) mass is 202 g/mol. The van der Waals surface area contributed by atoms with Gasteiger partial charge in [-0.25, -0.2) is 4.98 Å². The molecule has 64 valence electrons. The normalized spacial score (nSPS) is 15.8. The number of fused-ring (bicyclic) bond motifs is 1. The van der Waals surface area contributed by atoms with Crippen LogP contribution in [-0.2, 0) is 13.0 Å². The van der Waals surface area contributed by atoms with Gasteiger partial charge in [0, 0.05) is 35.8 Å². The number of nitrogens with zero attached hydrogens (tertiary/aromatic N) is 1. The molecule has 1 aromatic rings. The molecule has 1 N–H and O–H groups in total. The van der Waals surface area contributed by atoms with Crippen molar-refractivity contribution in [2.24, 2.45) is 0 Å². The lowest BCUT2D eigenvalue weighted by atomic mass is 10.1. The second kappa shape index (κ2) is 3.21. The molecule has 1 aliphatic rings. The van der Waals surface area contributed by atoms with Gasteiger partial charge in [0.15, 0.2) is 0 Å². The molecule has 0 radical (unpaired) electrons. The molecule has 2 nitrogen and oxygen atoms in total. The van der Waals surface area contributed by atoms with Crippen molar-refractivity contribution in [2.75, 3.05) is 6.54 Å². The van der Waals surface area contributed by atoms with Gasteiger partial charge in [-0.2, -0.15) is 0 Å². The lowest BCUT2D eigenvalue weighted by molar-refractivity contribution is 0.630. The Morgan fingerprint density at radius 2 is 2.25 bits per heavy atom. The molecular formula is C8H8Cl2N2. The number of rotatable bonds is 0. The molecule has 1 aromatic heterocycles.